The zero-order valence-corrected chi connectivity index (χ0v) is 9.37. The van der Waals surface area contributed by atoms with E-state index in [1.165, 1.54) is 18.2 Å². The van der Waals surface area contributed by atoms with E-state index in [1.807, 2.05) is 13.8 Å². The lowest BCUT2D eigenvalue weighted by Gasteiger charge is -2.20. The normalized spacial score (nSPS) is 16.4. The van der Waals surface area contributed by atoms with Gasteiger partial charge < -0.3 is 4.90 Å². The molecule has 0 amide bonds. The van der Waals surface area contributed by atoms with Crippen LogP contribution < -0.4 is 4.90 Å². The molecule has 0 aliphatic carbocycles. The Morgan fingerprint density at radius 3 is 2.27 bits per heavy atom. The standard InChI is InChI=1S/C11H11F2NS/c1-7-8(2)15-6-14(7)11-9(12)4-3-5-10(11)13/h3-5H,6H2,1-2H3. The van der Waals surface area contributed by atoms with Gasteiger partial charge in [-0.2, -0.15) is 0 Å². The van der Waals surface area contributed by atoms with Gasteiger partial charge in [-0.15, -0.1) is 11.8 Å². The molecule has 1 aromatic carbocycles. The van der Waals surface area contributed by atoms with Crippen LogP contribution in [0.4, 0.5) is 14.5 Å². The van der Waals surface area contributed by atoms with Gasteiger partial charge in [-0.05, 0) is 26.0 Å². The molecular weight excluding hydrogens is 216 g/mol. The second-order valence-corrected chi connectivity index (χ2v) is 4.57. The minimum atomic E-state index is -0.510. The predicted octanol–water partition coefficient (Wildman–Crippen LogP) is 3.73. The first-order chi connectivity index (χ1) is 7.11. The van der Waals surface area contributed by atoms with Gasteiger partial charge in [0.2, 0.25) is 0 Å². The summed E-state index contributed by atoms with van der Waals surface area (Å²) in [4.78, 5) is 2.78. The molecule has 1 nitrogen and oxygen atoms in total. The van der Waals surface area contributed by atoms with Crippen LogP contribution in [-0.4, -0.2) is 5.88 Å². The summed E-state index contributed by atoms with van der Waals surface area (Å²) in [5, 5.41) is 0. The van der Waals surface area contributed by atoms with Gasteiger partial charge in [0.05, 0.1) is 5.88 Å². The van der Waals surface area contributed by atoms with Crippen molar-refractivity contribution in [2.24, 2.45) is 0 Å². The number of benzene rings is 1. The topological polar surface area (TPSA) is 3.24 Å². The van der Waals surface area contributed by atoms with Gasteiger partial charge in [-0.1, -0.05) is 6.07 Å². The molecule has 1 aliphatic heterocycles. The second-order valence-electron chi connectivity index (χ2n) is 3.41. The largest absolute Gasteiger partial charge is 0.330 e. The smallest absolute Gasteiger partial charge is 0.149 e. The molecule has 0 bridgehead atoms. The first-order valence-corrected chi connectivity index (χ1v) is 5.61. The van der Waals surface area contributed by atoms with Gasteiger partial charge in [0.1, 0.15) is 17.3 Å². The molecule has 0 spiro atoms. The van der Waals surface area contributed by atoms with Crippen LogP contribution in [-0.2, 0) is 0 Å². The predicted molar refractivity (Wildman–Crippen MR) is 59.7 cm³/mol. The molecule has 1 heterocycles. The van der Waals surface area contributed by atoms with Gasteiger partial charge in [-0.25, -0.2) is 8.78 Å². The quantitative estimate of drug-likeness (QED) is 0.719. The molecule has 4 heteroatoms. The van der Waals surface area contributed by atoms with Gasteiger partial charge in [0, 0.05) is 10.6 Å². The third kappa shape index (κ3) is 1.74. The minimum Gasteiger partial charge on any atom is -0.330 e. The zero-order chi connectivity index (χ0) is 11.0. The Bertz CT molecular complexity index is 408. The molecule has 2 rings (SSSR count). The van der Waals surface area contributed by atoms with Crippen molar-refractivity contribution in [1.29, 1.82) is 0 Å². The van der Waals surface area contributed by atoms with Gasteiger partial charge >= 0.3 is 0 Å². The Labute approximate surface area is 91.8 Å². The number of nitrogens with zero attached hydrogens (tertiary/aromatic N) is 1. The van der Waals surface area contributed by atoms with Crippen molar-refractivity contribution in [2.75, 3.05) is 10.8 Å². The highest BCUT2D eigenvalue weighted by molar-refractivity contribution is 8.03. The molecule has 0 N–H and O–H groups in total. The molecule has 1 aromatic rings. The van der Waals surface area contributed by atoms with Crippen molar-refractivity contribution in [3.63, 3.8) is 0 Å². The summed E-state index contributed by atoms with van der Waals surface area (Å²) in [5.41, 5.74) is 0.975. The first kappa shape index (κ1) is 10.5. The van der Waals surface area contributed by atoms with Crippen molar-refractivity contribution < 1.29 is 8.78 Å². The van der Waals surface area contributed by atoms with E-state index in [1.54, 1.807) is 16.7 Å². The van der Waals surface area contributed by atoms with Crippen molar-refractivity contribution in [3.05, 3.63) is 40.4 Å². The van der Waals surface area contributed by atoms with E-state index in [9.17, 15) is 8.78 Å². The number of thioether (sulfide) groups is 1. The highest BCUT2D eigenvalue weighted by Crippen LogP contribution is 2.37. The number of hydrogen-bond acceptors (Lipinski definition) is 2. The Morgan fingerprint density at radius 1 is 1.20 bits per heavy atom. The summed E-state index contributed by atoms with van der Waals surface area (Å²) in [6.07, 6.45) is 0. The molecule has 0 saturated carbocycles. The van der Waals surface area contributed by atoms with Crippen molar-refractivity contribution in [2.45, 2.75) is 13.8 Å². The number of rotatable bonds is 1. The Morgan fingerprint density at radius 2 is 1.80 bits per heavy atom. The maximum Gasteiger partial charge on any atom is 0.149 e. The van der Waals surface area contributed by atoms with E-state index in [2.05, 4.69) is 0 Å². The lowest BCUT2D eigenvalue weighted by atomic mass is 10.2. The summed E-state index contributed by atoms with van der Waals surface area (Å²) in [6, 6.07) is 3.94. The van der Waals surface area contributed by atoms with E-state index < -0.39 is 11.6 Å². The van der Waals surface area contributed by atoms with E-state index in [0.717, 1.165) is 10.6 Å². The van der Waals surface area contributed by atoms with Gasteiger partial charge in [0.15, 0.2) is 0 Å². The highest BCUT2D eigenvalue weighted by atomic mass is 32.2. The fraction of sp³-hybridized carbons (Fsp3) is 0.273. The Hall–Kier alpha value is -1.03. The Balaban J connectivity index is 2.47. The van der Waals surface area contributed by atoms with Crippen LogP contribution in [0.25, 0.3) is 0 Å². The molecule has 0 fully saturated rings. The van der Waals surface area contributed by atoms with Crippen LogP contribution in [0, 0.1) is 11.6 Å². The molecule has 0 saturated heterocycles. The highest BCUT2D eigenvalue weighted by Gasteiger charge is 2.23. The number of halogens is 2. The molecule has 80 valence electrons. The minimum absolute atomic E-state index is 0.0550. The van der Waals surface area contributed by atoms with Crippen LogP contribution in [0.1, 0.15) is 13.8 Å². The lowest BCUT2D eigenvalue weighted by Crippen LogP contribution is -2.18. The SMILES string of the molecule is CC1=C(C)N(c2c(F)cccc2F)CS1. The van der Waals surface area contributed by atoms with Gasteiger partial charge in [0.25, 0.3) is 0 Å². The number of hydrogen-bond donors (Lipinski definition) is 0. The fourth-order valence-corrected chi connectivity index (χ4v) is 2.50. The van der Waals surface area contributed by atoms with Crippen LogP contribution in [0.5, 0.6) is 0 Å². The van der Waals surface area contributed by atoms with Crippen LogP contribution >= 0.6 is 11.8 Å². The molecule has 1 aliphatic rings. The van der Waals surface area contributed by atoms with Crippen LogP contribution in [0.2, 0.25) is 0 Å². The maximum absolute atomic E-state index is 13.5. The van der Waals surface area contributed by atoms with E-state index in [0.29, 0.717) is 5.88 Å². The summed E-state index contributed by atoms with van der Waals surface area (Å²) in [5.74, 6) is -0.440. The molecule has 0 radical (unpaired) electrons. The second kappa shape index (κ2) is 3.85. The van der Waals surface area contributed by atoms with Crippen molar-refractivity contribution in [3.8, 4) is 0 Å². The van der Waals surface area contributed by atoms with E-state index in [4.69, 9.17) is 0 Å². The van der Waals surface area contributed by atoms with Crippen LogP contribution in [0.15, 0.2) is 28.8 Å². The average molecular weight is 227 g/mol. The summed E-state index contributed by atoms with van der Waals surface area (Å²) in [7, 11) is 0. The number of allylic oxidation sites excluding steroid dienone is 2. The molecule has 0 atom stereocenters. The maximum atomic E-state index is 13.5. The van der Waals surface area contributed by atoms with Crippen molar-refractivity contribution >= 4 is 17.4 Å². The average Bonchev–Trinajstić information content (AvgIpc) is 2.49. The number of para-hydroxylation sites is 1. The van der Waals surface area contributed by atoms with Crippen LogP contribution in [0.3, 0.4) is 0 Å². The number of anilines is 1. The third-order valence-corrected chi connectivity index (χ3v) is 3.65. The zero-order valence-electron chi connectivity index (χ0n) is 8.55. The summed E-state index contributed by atoms with van der Waals surface area (Å²) < 4.78 is 27.0. The summed E-state index contributed by atoms with van der Waals surface area (Å²) >= 11 is 1.60. The van der Waals surface area contributed by atoms with Gasteiger partial charge in [-0.3, -0.25) is 0 Å². The molecule has 0 unspecified atom stereocenters. The van der Waals surface area contributed by atoms with E-state index in [-0.39, 0.29) is 5.69 Å². The fourth-order valence-electron chi connectivity index (χ4n) is 1.53. The first-order valence-electron chi connectivity index (χ1n) is 4.63. The monoisotopic (exact) mass is 227 g/mol. The van der Waals surface area contributed by atoms with Crippen molar-refractivity contribution in [1.82, 2.24) is 0 Å². The Kier molecular flexibility index (Phi) is 2.69. The third-order valence-electron chi connectivity index (χ3n) is 2.53. The summed E-state index contributed by atoms with van der Waals surface area (Å²) in [6.45, 7) is 3.83. The molecular formula is C11H11F2NS. The molecule has 15 heavy (non-hydrogen) atoms. The van der Waals surface area contributed by atoms with E-state index >= 15 is 0 Å². The molecule has 0 aromatic heterocycles. The lowest BCUT2D eigenvalue weighted by molar-refractivity contribution is 0.581.